The zero-order valence-corrected chi connectivity index (χ0v) is 15.5. The van der Waals surface area contributed by atoms with E-state index in [1.54, 1.807) is 18.2 Å². The Kier molecular flexibility index (Phi) is 9.05. The van der Waals surface area contributed by atoms with Gasteiger partial charge >= 0.3 is 6.09 Å². The largest absolute Gasteiger partial charge is 0.448 e. The first-order valence-electron chi connectivity index (χ1n) is 7.86. The zero-order valence-electron chi connectivity index (χ0n) is 14.7. The van der Waals surface area contributed by atoms with Crippen LogP contribution in [0.15, 0.2) is 54.7 Å². The molecule has 2 rings (SSSR count). The van der Waals surface area contributed by atoms with E-state index in [0.717, 1.165) is 5.56 Å². The molecule has 0 atom stereocenters. The van der Waals surface area contributed by atoms with Crippen LogP contribution in [-0.2, 0) is 4.74 Å². The zero-order chi connectivity index (χ0) is 18.1. The van der Waals surface area contributed by atoms with Gasteiger partial charge in [-0.15, -0.1) is 12.4 Å². The highest BCUT2D eigenvalue weighted by Crippen LogP contribution is 2.09. The van der Waals surface area contributed by atoms with Crippen LogP contribution in [0.5, 0.6) is 0 Å². The predicted molar refractivity (Wildman–Crippen MR) is 105 cm³/mol. The molecule has 138 valence electrons. The highest BCUT2D eigenvalue weighted by atomic mass is 35.5. The van der Waals surface area contributed by atoms with Gasteiger partial charge in [-0.1, -0.05) is 36.4 Å². The first-order valence-corrected chi connectivity index (χ1v) is 7.86. The van der Waals surface area contributed by atoms with Gasteiger partial charge in [0.25, 0.3) is 0 Å². The summed E-state index contributed by atoms with van der Waals surface area (Å²) in [5.74, 6) is -0.205. The van der Waals surface area contributed by atoms with E-state index in [4.69, 9.17) is 4.74 Å². The van der Waals surface area contributed by atoms with Crippen LogP contribution in [0.1, 0.15) is 16.1 Å². The smallest absolute Gasteiger partial charge is 0.411 e. The van der Waals surface area contributed by atoms with Crippen molar-refractivity contribution in [3.8, 4) is 0 Å². The summed E-state index contributed by atoms with van der Waals surface area (Å²) in [6, 6.07) is 12.7. The standard InChI is InChI=1S/C19H21N3O3.ClH/c1-22(2)12-13-25-19(24)21-16-9-10-17(20-14-16)18(23)11-8-15-6-4-3-5-7-15;/h3-11,14H,12-13H2,1-2H3,(H,21,24);1H. The lowest BCUT2D eigenvalue weighted by Crippen LogP contribution is -2.22. The second-order valence-electron chi connectivity index (χ2n) is 5.60. The summed E-state index contributed by atoms with van der Waals surface area (Å²) in [7, 11) is 3.79. The number of amides is 1. The molecule has 2 aromatic rings. The van der Waals surface area contributed by atoms with Crippen LogP contribution >= 0.6 is 12.4 Å². The van der Waals surface area contributed by atoms with E-state index in [1.165, 1.54) is 12.3 Å². The number of benzene rings is 1. The summed E-state index contributed by atoms with van der Waals surface area (Å²) in [5, 5.41) is 2.57. The molecule has 0 radical (unpaired) electrons. The van der Waals surface area contributed by atoms with Gasteiger partial charge in [0.15, 0.2) is 0 Å². The van der Waals surface area contributed by atoms with Crippen LogP contribution in [0.25, 0.3) is 6.08 Å². The third-order valence-electron chi connectivity index (χ3n) is 3.26. The summed E-state index contributed by atoms with van der Waals surface area (Å²) < 4.78 is 5.02. The molecule has 0 aliphatic heterocycles. The van der Waals surface area contributed by atoms with E-state index in [-0.39, 0.29) is 18.2 Å². The van der Waals surface area contributed by atoms with Crippen molar-refractivity contribution in [2.75, 3.05) is 32.6 Å². The summed E-state index contributed by atoms with van der Waals surface area (Å²) in [6.07, 6.45) is 4.08. The Hall–Kier alpha value is -2.70. The van der Waals surface area contributed by atoms with Crippen LogP contribution in [0.2, 0.25) is 0 Å². The minimum Gasteiger partial charge on any atom is -0.448 e. The fraction of sp³-hybridized carbons (Fsp3) is 0.211. The van der Waals surface area contributed by atoms with Crippen molar-refractivity contribution < 1.29 is 14.3 Å². The van der Waals surface area contributed by atoms with Crippen molar-refractivity contribution in [1.82, 2.24) is 9.88 Å². The number of halogens is 1. The van der Waals surface area contributed by atoms with Gasteiger partial charge in [0.05, 0.1) is 11.9 Å². The number of likely N-dealkylation sites (N-methyl/N-ethyl adjacent to an activating group) is 1. The van der Waals surface area contributed by atoms with E-state index in [0.29, 0.717) is 24.5 Å². The maximum atomic E-state index is 12.1. The molecule has 7 heteroatoms. The molecule has 0 saturated carbocycles. The van der Waals surface area contributed by atoms with Crippen molar-refractivity contribution >= 4 is 36.0 Å². The molecule has 26 heavy (non-hydrogen) atoms. The second kappa shape index (κ2) is 11.0. The number of ether oxygens (including phenoxy) is 1. The Morgan fingerprint density at radius 2 is 1.88 bits per heavy atom. The quantitative estimate of drug-likeness (QED) is 0.592. The average Bonchev–Trinajstić information content (AvgIpc) is 2.61. The molecule has 0 unspecified atom stereocenters. The fourth-order valence-corrected chi connectivity index (χ4v) is 1.91. The molecule has 0 bridgehead atoms. The molecular formula is C19H22ClN3O3. The van der Waals surface area contributed by atoms with Crippen molar-refractivity contribution in [3.05, 3.63) is 66.0 Å². The van der Waals surface area contributed by atoms with E-state index in [9.17, 15) is 9.59 Å². The number of rotatable bonds is 7. The number of ketones is 1. The minimum atomic E-state index is -0.549. The maximum Gasteiger partial charge on any atom is 0.411 e. The highest BCUT2D eigenvalue weighted by molar-refractivity contribution is 6.05. The molecule has 1 N–H and O–H groups in total. The molecule has 1 aromatic heterocycles. The van der Waals surface area contributed by atoms with Gasteiger partial charge in [-0.25, -0.2) is 4.79 Å². The summed E-state index contributed by atoms with van der Waals surface area (Å²) >= 11 is 0. The molecule has 0 saturated heterocycles. The average molecular weight is 376 g/mol. The van der Waals surface area contributed by atoms with Gasteiger partial charge in [-0.05, 0) is 37.9 Å². The van der Waals surface area contributed by atoms with E-state index >= 15 is 0 Å². The third-order valence-corrected chi connectivity index (χ3v) is 3.26. The topological polar surface area (TPSA) is 71.5 Å². The lowest BCUT2D eigenvalue weighted by molar-refractivity contribution is 0.104. The van der Waals surface area contributed by atoms with Gasteiger partial charge in [0.1, 0.15) is 12.3 Å². The van der Waals surface area contributed by atoms with Gasteiger partial charge in [-0.2, -0.15) is 0 Å². The molecule has 6 nitrogen and oxygen atoms in total. The van der Waals surface area contributed by atoms with Gasteiger partial charge in [-0.3, -0.25) is 15.1 Å². The molecule has 0 aliphatic carbocycles. The number of pyridine rings is 1. The maximum absolute atomic E-state index is 12.1. The van der Waals surface area contributed by atoms with Crippen LogP contribution in [0, 0.1) is 0 Å². The first-order chi connectivity index (χ1) is 12.0. The number of hydrogen-bond donors (Lipinski definition) is 1. The Labute approximate surface area is 159 Å². The van der Waals surface area contributed by atoms with E-state index in [2.05, 4.69) is 10.3 Å². The Bertz CT molecular complexity index is 731. The number of carbonyl (C=O) groups is 2. The number of anilines is 1. The van der Waals surface area contributed by atoms with E-state index < -0.39 is 6.09 Å². The predicted octanol–water partition coefficient (Wildman–Crippen LogP) is 3.51. The molecule has 1 aromatic carbocycles. The SMILES string of the molecule is CN(C)CCOC(=O)Nc1ccc(C(=O)C=Cc2ccccc2)nc1.Cl. The fourth-order valence-electron chi connectivity index (χ4n) is 1.91. The molecular weight excluding hydrogens is 354 g/mol. The summed E-state index contributed by atoms with van der Waals surface area (Å²) in [4.78, 5) is 29.7. The lowest BCUT2D eigenvalue weighted by Gasteiger charge is -2.10. The molecule has 0 fully saturated rings. The number of allylic oxidation sites excluding steroid dienone is 1. The Balaban J connectivity index is 0.00000338. The number of nitrogens with zero attached hydrogens (tertiary/aromatic N) is 2. The lowest BCUT2D eigenvalue weighted by atomic mass is 10.1. The minimum absolute atomic E-state index is 0. The van der Waals surface area contributed by atoms with Crippen molar-refractivity contribution in [1.29, 1.82) is 0 Å². The summed E-state index contributed by atoms with van der Waals surface area (Å²) in [5.41, 5.74) is 1.71. The van der Waals surface area contributed by atoms with Crippen LogP contribution in [0.3, 0.4) is 0 Å². The monoisotopic (exact) mass is 375 g/mol. The molecule has 0 aliphatic rings. The highest BCUT2D eigenvalue weighted by Gasteiger charge is 2.06. The van der Waals surface area contributed by atoms with Crippen LogP contribution in [0.4, 0.5) is 10.5 Å². The number of hydrogen-bond acceptors (Lipinski definition) is 5. The third kappa shape index (κ3) is 7.46. The number of aromatic nitrogens is 1. The first kappa shape index (κ1) is 21.3. The normalized spacial score (nSPS) is 10.4. The van der Waals surface area contributed by atoms with E-state index in [1.807, 2.05) is 49.3 Å². The van der Waals surface area contributed by atoms with Crippen molar-refractivity contribution in [2.24, 2.45) is 0 Å². The number of carbonyl (C=O) groups excluding carboxylic acids is 2. The summed E-state index contributed by atoms with van der Waals surface area (Å²) in [6.45, 7) is 0.944. The Morgan fingerprint density at radius 1 is 1.15 bits per heavy atom. The Morgan fingerprint density at radius 3 is 2.50 bits per heavy atom. The van der Waals surface area contributed by atoms with Crippen molar-refractivity contribution in [3.63, 3.8) is 0 Å². The molecule has 1 heterocycles. The van der Waals surface area contributed by atoms with Gasteiger partial charge < -0.3 is 9.64 Å². The van der Waals surface area contributed by atoms with Crippen molar-refractivity contribution in [2.45, 2.75) is 0 Å². The second-order valence-corrected chi connectivity index (χ2v) is 5.60. The molecule has 1 amide bonds. The molecule has 0 spiro atoms. The van der Waals surface area contributed by atoms with Gasteiger partial charge in [0, 0.05) is 6.54 Å². The van der Waals surface area contributed by atoms with Crippen LogP contribution in [-0.4, -0.2) is 49.0 Å². The number of nitrogens with one attached hydrogen (secondary N) is 1. The van der Waals surface area contributed by atoms with Crippen LogP contribution < -0.4 is 5.32 Å². The van der Waals surface area contributed by atoms with Gasteiger partial charge in [0.2, 0.25) is 5.78 Å².